The molecule has 0 aromatic heterocycles. The van der Waals surface area contributed by atoms with E-state index in [-0.39, 0.29) is 23.7 Å². The second-order valence-corrected chi connectivity index (χ2v) is 9.00. The molecule has 4 nitrogen and oxygen atoms in total. The first-order valence-electron chi connectivity index (χ1n) is 10.6. The molecule has 2 bridgehead atoms. The normalized spacial score (nSPS) is 32.0. The van der Waals surface area contributed by atoms with Gasteiger partial charge < -0.3 is 14.8 Å². The molecule has 0 radical (unpaired) electrons. The predicted octanol–water partition coefficient (Wildman–Crippen LogP) is 4.99. The van der Waals surface area contributed by atoms with Crippen LogP contribution in [0.1, 0.15) is 46.6 Å². The van der Waals surface area contributed by atoms with E-state index >= 15 is 0 Å². The van der Waals surface area contributed by atoms with Crippen LogP contribution in [0, 0.1) is 23.2 Å². The van der Waals surface area contributed by atoms with E-state index in [0.29, 0.717) is 31.0 Å². The number of rotatable bonds is 6. The molecule has 154 valence electrons. The van der Waals surface area contributed by atoms with Crippen LogP contribution in [0.15, 0.2) is 42.0 Å². The van der Waals surface area contributed by atoms with Gasteiger partial charge in [0.05, 0.1) is 12.7 Å². The van der Waals surface area contributed by atoms with Crippen LogP contribution in [-0.4, -0.2) is 31.5 Å². The molecule has 1 aromatic rings. The Balaban J connectivity index is 1.71. The van der Waals surface area contributed by atoms with Gasteiger partial charge in [0.1, 0.15) is 6.61 Å². The maximum absolute atomic E-state index is 12.1. The second kappa shape index (κ2) is 8.69. The Hall–Kier alpha value is -1.81. The van der Waals surface area contributed by atoms with Gasteiger partial charge in [0.25, 0.3) is 0 Å². The van der Waals surface area contributed by atoms with E-state index in [0.717, 1.165) is 12.8 Å². The Morgan fingerprint density at radius 2 is 2.00 bits per heavy atom. The minimum absolute atomic E-state index is 0.0751. The molecule has 5 atom stereocenters. The van der Waals surface area contributed by atoms with Crippen molar-refractivity contribution in [1.29, 1.82) is 0 Å². The van der Waals surface area contributed by atoms with Crippen molar-refractivity contribution in [2.24, 2.45) is 23.2 Å². The number of aryl methyl sites for hydroxylation is 1. The fourth-order valence-corrected chi connectivity index (χ4v) is 5.08. The summed E-state index contributed by atoms with van der Waals surface area (Å²) in [6, 6.07) is 10.7. The van der Waals surface area contributed by atoms with Crippen LogP contribution in [0.3, 0.4) is 0 Å². The van der Waals surface area contributed by atoms with E-state index in [1.54, 1.807) is 0 Å². The number of alkyl carbamates (subject to hydrolysis) is 1. The maximum Gasteiger partial charge on any atom is 0.407 e. The van der Waals surface area contributed by atoms with E-state index in [9.17, 15) is 4.79 Å². The highest BCUT2D eigenvalue weighted by molar-refractivity contribution is 5.67. The van der Waals surface area contributed by atoms with Gasteiger partial charge in [-0.05, 0) is 51.0 Å². The molecule has 28 heavy (non-hydrogen) atoms. The zero-order valence-corrected chi connectivity index (χ0v) is 17.9. The number of benzene rings is 1. The molecule has 3 rings (SSSR count). The SMILES string of the molecule is CC1=CC(C)C2(COC(=O)NC(C)C)COC(CCc3ccccc3)C1C2C. The predicted molar refractivity (Wildman–Crippen MR) is 112 cm³/mol. The van der Waals surface area contributed by atoms with Gasteiger partial charge in [0.2, 0.25) is 0 Å². The van der Waals surface area contributed by atoms with Gasteiger partial charge in [0, 0.05) is 17.4 Å². The molecular weight excluding hydrogens is 350 g/mol. The Kier molecular flexibility index (Phi) is 6.49. The van der Waals surface area contributed by atoms with Gasteiger partial charge in [-0.25, -0.2) is 4.79 Å². The van der Waals surface area contributed by atoms with Crippen molar-refractivity contribution in [1.82, 2.24) is 5.32 Å². The monoisotopic (exact) mass is 385 g/mol. The third-order valence-electron chi connectivity index (χ3n) is 6.80. The Morgan fingerprint density at radius 3 is 2.68 bits per heavy atom. The highest BCUT2D eigenvalue weighted by Crippen LogP contribution is 2.53. The fourth-order valence-electron chi connectivity index (χ4n) is 5.08. The summed E-state index contributed by atoms with van der Waals surface area (Å²) in [5, 5.41) is 2.82. The van der Waals surface area contributed by atoms with Crippen molar-refractivity contribution < 1.29 is 14.3 Å². The first-order chi connectivity index (χ1) is 13.3. The van der Waals surface area contributed by atoms with Crippen LogP contribution in [0.4, 0.5) is 4.79 Å². The largest absolute Gasteiger partial charge is 0.449 e. The van der Waals surface area contributed by atoms with Gasteiger partial charge in [-0.2, -0.15) is 0 Å². The number of hydrogen-bond acceptors (Lipinski definition) is 3. The lowest BCUT2D eigenvalue weighted by molar-refractivity contribution is -0.164. The second-order valence-electron chi connectivity index (χ2n) is 9.00. The van der Waals surface area contributed by atoms with Crippen LogP contribution in [0.5, 0.6) is 0 Å². The summed E-state index contributed by atoms with van der Waals surface area (Å²) in [6.07, 6.45) is 4.31. The summed E-state index contributed by atoms with van der Waals surface area (Å²) in [5.74, 6) is 1.11. The molecule has 1 aliphatic heterocycles. The maximum atomic E-state index is 12.1. The Morgan fingerprint density at radius 1 is 1.29 bits per heavy atom. The van der Waals surface area contributed by atoms with Gasteiger partial charge in [-0.1, -0.05) is 55.8 Å². The van der Waals surface area contributed by atoms with Crippen LogP contribution >= 0.6 is 0 Å². The number of fused-ring (bicyclic) bond motifs is 2. The lowest BCUT2D eigenvalue weighted by Crippen LogP contribution is -2.57. The van der Waals surface area contributed by atoms with Crippen molar-refractivity contribution in [3.63, 3.8) is 0 Å². The molecule has 2 aliphatic rings. The fraction of sp³-hybridized carbons (Fsp3) is 0.625. The van der Waals surface area contributed by atoms with Crippen LogP contribution in [0.2, 0.25) is 0 Å². The van der Waals surface area contributed by atoms with E-state index in [2.05, 4.69) is 62.5 Å². The molecule has 0 spiro atoms. The molecule has 4 heteroatoms. The molecule has 1 fully saturated rings. The summed E-state index contributed by atoms with van der Waals surface area (Å²) in [5.41, 5.74) is 2.62. The third kappa shape index (κ3) is 4.27. The number of carbonyl (C=O) groups is 1. The first-order valence-corrected chi connectivity index (χ1v) is 10.6. The summed E-state index contributed by atoms with van der Waals surface area (Å²) in [4.78, 5) is 12.1. The molecule has 1 N–H and O–H groups in total. The van der Waals surface area contributed by atoms with Crippen molar-refractivity contribution in [3.8, 4) is 0 Å². The minimum Gasteiger partial charge on any atom is -0.449 e. The molecule has 1 heterocycles. The highest BCUT2D eigenvalue weighted by Gasteiger charge is 2.54. The molecule has 0 saturated carbocycles. The molecular formula is C24H35NO3. The summed E-state index contributed by atoms with van der Waals surface area (Å²) in [7, 11) is 0. The van der Waals surface area contributed by atoms with E-state index in [4.69, 9.17) is 9.47 Å². The number of ether oxygens (including phenoxy) is 2. The van der Waals surface area contributed by atoms with E-state index in [1.165, 1.54) is 11.1 Å². The number of allylic oxidation sites excluding steroid dienone is 1. The topological polar surface area (TPSA) is 47.6 Å². The van der Waals surface area contributed by atoms with E-state index < -0.39 is 0 Å². The third-order valence-corrected chi connectivity index (χ3v) is 6.80. The van der Waals surface area contributed by atoms with Gasteiger partial charge in [-0.15, -0.1) is 0 Å². The quantitative estimate of drug-likeness (QED) is 0.702. The zero-order valence-electron chi connectivity index (χ0n) is 17.9. The molecule has 1 amide bonds. The molecule has 5 unspecified atom stereocenters. The number of carbonyl (C=O) groups excluding carboxylic acids is 1. The van der Waals surface area contributed by atoms with Crippen molar-refractivity contribution >= 4 is 6.09 Å². The van der Waals surface area contributed by atoms with E-state index in [1.807, 2.05) is 13.8 Å². The summed E-state index contributed by atoms with van der Waals surface area (Å²) >= 11 is 0. The van der Waals surface area contributed by atoms with Gasteiger partial charge in [0.15, 0.2) is 0 Å². The van der Waals surface area contributed by atoms with Crippen LogP contribution in [0.25, 0.3) is 0 Å². The molecule has 1 saturated heterocycles. The lowest BCUT2D eigenvalue weighted by atomic mass is 9.56. The molecule has 1 aliphatic carbocycles. The molecule has 1 aromatic carbocycles. The van der Waals surface area contributed by atoms with Gasteiger partial charge >= 0.3 is 6.09 Å². The van der Waals surface area contributed by atoms with Crippen molar-refractivity contribution in [2.75, 3.05) is 13.2 Å². The van der Waals surface area contributed by atoms with Gasteiger partial charge in [-0.3, -0.25) is 0 Å². The van der Waals surface area contributed by atoms with Crippen molar-refractivity contribution in [3.05, 3.63) is 47.5 Å². The van der Waals surface area contributed by atoms with Crippen molar-refractivity contribution in [2.45, 2.75) is 59.6 Å². The Labute approximate surface area is 169 Å². The number of amides is 1. The average Bonchev–Trinajstić information content (AvgIpc) is 2.64. The summed E-state index contributed by atoms with van der Waals surface area (Å²) < 4.78 is 12.1. The van der Waals surface area contributed by atoms with Crippen LogP contribution in [-0.2, 0) is 15.9 Å². The lowest BCUT2D eigenvalue weighted by Gasteiger charge is -2.55. The zero-order chi connectivity index (χ0) is 20.3. The highest BCUT2D eigenvalue weighted by atomic mass is 16.6. The average molecular weight is 386 g/mol. The smallest absolute Gasteiger partial charge is 0.407 e. The number of hydrogen-bond donors (Lipinski definition) is 1. The number of nitrogens with one attached hydrogen (secondary N) is 1. The minimum atomic E-state index is -0.335. The first kappa shape index (κ1) is 20.9. The van der Waals surface area contributed by atoms with Crippen LogP contribution < -0.4 is 5.32 Å². The summed E-state index contributed by atoms with van der Waals surface area (Å²) in [6.45, 7) is 11.7. The standard InChI is InChI=1S/C24H35NO3/c1-16(2)25-23(26)28-15-24-14-27-21(12-11-20-9-7-6-8-10-20)22(19(24)5)17(3)13-18(24)4/h6-10,13,16,18-19,21-22H,11-12,14-15H2,1-5H3,(H,25,26). The Bertz CT molecular complexity index is 699.